The Hall–Kier alpha value is -1.26. The summed E-state index contributed by atoms with van der Waals surface area (Å²) >= 11 is 0. The maximum atomic E-state index is 9.92. The molecule has 19 heavy (non-hydrogen) atoms. The third-order valence-electron chi connectivity index (χ3n) is 3.08. The van der Waals surface area contributed by atoms with Crippen molar-refractivity contribution < 1.29 is 9.84 Å². The molecule has 0 heterocycles. The molecule has 0 aliphatic rings. The van der Waals surface area contributed by atoms with Crippen molar-refractivity contribution in [2.75, 3.05) is 32.6 Å². The van der Waals surface area contributed by atoms with E-state index in [2.05, 4.69) is 10.2 Å². The molecule has 1 atom stereocenters. The number of ether oxygens (including phenoxy) is 1. The van der Waals surface area contributed by atoms with Gasteiger partial charge in [-0.2, -0.15) is 0 Å². The molecule has 1 rings (SSSR count). The van der Waals surface area contributed by atoms with Crippen LogP contribution in [0, 0.1) is 0 Å². The van der Waals surface area contributed by atoms with Crippen molar-refractivity contribution in [3.05, 3.63) is 24.3 Å². The number of likely N-dealkylation sites (N-methyl/N-ethyl adjacent to an activating group) is 1. The lowest BCUT2D eigenvalue weighted by Crippen LogP contribution is -2.39. The number of hydrogen-bond donors (Lipinski definition) is 2. The van der Waals surface area contributed by atoms with Gasteiger partial charge in [0.1, 0.15) is 12.4 Å². The average Bonchev–Trinajstić information content (AvgIpc) is 2.27. The van der Waals surface area contributed by atoms with Crippen LogP contribution in [0.1, 0.15) is 20.8 Å². The first kappa shape index (κ1) is 15.8. The zero-order valence-corrected chi connectivity index (χ0v) is 12.6. The van der Waals surface area contributed by atoms with Gasteiger partial charge in [-0.25, -0.2) is 0 Å². The van der Waals surface area contributed by atoms with Gasteiger partial charge in [-0.05, 0) is 47.0 Å². The van der Waals surface area contributed by atoms with Gasteiger partial charge in [0.2, 0.25) is 0 Å². The minimum atomic E-state index is -0.762. The van der Waals surface area contributed by atoms with Crippen LogP contribution in [-0.4, -0.2) is 48.9 Å². The SMILES string of the molecule is CC(Nc1cccc(OCCN(C)C)c1)C(C)(C)O. The highest BCUT2D eigenvalue weighted by molar-refractivity contribution is 5.49. The molecule has 0 amide bonds. The number of nitrogens with one attached hydrogen (secondary N) is 1. The van der Waals surface area contributed by atoms with Crippen molar-refractivity contribution in [3.63, 3.8) is 0 Å². The zero-order valence-electron chi connectivity index (χ0n) is 12.6. The van der Waals surface area contributed by atoms with Crippen molar-refractivity contribution in [2.45, 2.75) is 32.4 Å². The molecular weight excluding hydrogens is 240 g/mol. The first-order valence-corrected chi connectivity index (χ1v) is 6.65. The summed E-state index contributed by atoms with van der Waals surface area (Å²) < 4.78 is 5.68. The Morgan fingerprint density at radius 3 is 2.63 bits per heavy atom. The van der Waals surface area contributed by atoms with Crippen LogP contribution in [0.5, 0.6) is 5.75 Å². The van der Waals surface area contributed by atoms with Crippen LogP contribution in [-0.2, 0) is 0 Å². The topological polar surface area (TPSA) is 44.7 Å². The Morgan fingerprint density at radius 1 is 1.37 bits per heavy atom. The van der Waals surface area contributed by atoms with Crippen molar-refractivity contribution in [1.82, 2.24) is 4.90 Å². The summed E-state index contributed by atoms with van der Waals surface area (Å²) in [6, 6.07) is 7.78. The minimum Gasteiger partial charge on any atom is -0.492 e. The van der Waals surface area contributed by atoms with Crippen molar-refractivity contribution in [1.29, 1.82) is 0 Å². The summed E-state index contributed by atoms with van der Waals surface area (Å²) in [6.45, 7) is 7.10. The molecule has 0 aromatic heterocycles. The molecule has 2 N–H and O–H groups in total. The minimum absolute atomic E-state index is 0.0375. The van der Waals surface area contributed by atoms with E-state index >= 15 is 0 Å². The first-order chi connectivity index (χ1) is 8.79. The maximum Gasteiger partial charge on any atom is 0.121 e. The summed E-state index contributed by atoms with van der Waals surface area (Å²) in [5, 5.41) is 13.2. The number of hydrogen-bond acceptors (Lipinski definition) is 4. The highest BCUT2D eigenvalue weighted by Crippen LogP contribution is 2.20. The van der Waals surface area contributed by atoms with Crippen molar-refractivity contribution >= 4 is 5.69 Å². The molecule has 0 fully saturated rings. The molecule has 4 heteroatoms. The predicted octanol–water partition coefficient (Wildman–Crippen LogP) is 2.20. The Morgan fingerprint density at radius 2 is 2.05 bits per heavy atom. The van der Waals surface area contributed by atoms with E-state index in [0.717, 1.165) is 18.0 Å². The number of benzene rings is 1. The molecule has 0 bridgehead atoms. The van der Waals surface area contributed by atoms with E-state index in [1.54, 1.807) is 13.8 Å². The quantitative estimate of drug-likeness (QED) is 0.794. The second-order valence-electron chi connectivity index (χ2n) is 5.70. The van der Waals surface area contributed by atoms with E-state index in [4.69, 9.17) is 4.74 Å². The number of anilines is 1. The maximum absolute atomic E-state index is 9.92. The van der Waals surface area contributed by atoms with Crippen LogP contribution in [0.25, 0.3) is 0 Å². The van der Waals surface area contributed by atoms with Crippen LogP contribution in [0.3, 0.4) is 0 Å². The largest absolute Gasteiger partial charge is 0.492 e. The van der Waals surface area contributed by atoms with Crippen LogP contribution in [0.2, 0.25) is 0 Å². The van der Waals surface area contributed by atoms with Gasteiger partial charge >= 0.3 is 0 Å². The third kappa shape index (κ3) is 5.94. The molecule has 0 aliphatic carbocycles. The Bertz CT molecular complexity index is 386. The van der Waals surface area contributed by atoms with Crippen molar-refractivity contribution in [2.24, 2.45) is 0 Å². The lowest BCUT2D eigenvalue weighted by Gasteiger charge is -2.27. The number of nitrogens with zero attached hydrogens (tertiary/aromatic N) is 1. The van der Waals surface area contributed by atoms with Gasteiger partial charge in [0.25, 0.3) is 0 Å². The van der Waals surface area contributed by atoms with Gasteiger partial charge in [0.05, 0.1) is 11.6 Å². The van der Waals surface area contributed by atoms with Gasteiger partial charge in [-0.3, -0.25) is 0 Å². The predicted molar refractivity (Wildman–Crippen MR) is 79.9 cm³/mol. The molecule has 1 unspecified atom stereocenters. The molecule has 0 saturated carbocycles. The van der Waals surface area contributed by atoms with E-state index in [9.17, 15) is 5.11 Å². The highest BCUT2D eigenvalue weighted by Gasteiger charge is 2.21. The van der Waals surface area contributed by atoms with E-state index in [0.29, 0.717) is 6.61 Å². The average molecular weight is 266 g/mol. The molecule has 108 valence electrons. The lowest BCUT2D eigenvalue weighted by atomic mass is 10.0. The summed E-state index contributed by atoms with van der Waals surface area (Å²) in [5.74, 6) is 0.842. The Labute approximate surface area is 116 Å². The summed E-state index contributed by atoms with van der Waals surface area (Å²) in [7, 11) is 4.04. The number of rotatable bonds is 7. The molecular formula is C15H26N2O2. The van der Waals surface area contributed by atoms with Gasteiger partial charge in [-0.15, -0.1) is 0 Å². The van der Waals surface area contributed by atoms with Gasteiger partial charge in [-0.1, -0.05) is 6.07 Å². The van der Waals surface area contributed by atoms with Gasteiger partial charge in [0, 0.05) is 18.3 Å². The Kier molecular flexibility index (Phi) is 5.63. The van der Waals surface area contributed by atoms with Crippen LogP contribution in [0.15, 0.2) is 24.3 Å². The fourth-order valence-corrected chi connectivity index (χ4v) is 1.45. The van der Waals surface area contributed by atoms with E-state index < -0.39 is 5.60 Å². The second kappa shape index (κ2) is 6.78. The Balaban J connectivity index is 2.57. The van der Waals surface area contributed by atoms with Gasteiger partial charge < -0.3 is 20.1 Å². The second-order valence-corrected chi connectivity index (χ2v) is 5.70. The van der Waals surface area contributed by atoms with E-state index in [1.165, 1.54) is 0 Å². The zero-order chi connectivity index (χ0) is 14.5. The van der Waals surface area contributed by atoms with E-state index in [1.807, 2.05) is 45.3 Å². The van der Waals surface area contributed by atoms with Crippen molar-refractivity contribution in [3.8, 4) is 5.75 Å². The van der Waals surface area contributed by atoms with Gasteiger partial charge in [0.15, 0.2) is 0 Å². The normalized spacial score (nSPS) is 13.4. The monoisotopic (exact) mass is 266 g/mol. The lowest BCUT2D eigenvalue weighted by molar-refractivity contribution is 0.0649. The van der Waals surface area contributed by atoms with Crippen LogP contribution in [0.4, 0.5) is 5.69 Å². The molecule has 4 nitrogen and oxygen atoms in total. The smallest absolute Gasteiger partial charge is 0.121 e. The standard InChI is InChI=1S/C15H26N2O2/c1-12(15(2,3)18)16-13-7-6-8-14(11-13)19-10-9-17(4)5/h6-8,11-12,16,18H,9-10H2,1-5H3. The molecule has 1 aromatic rings. The third-order valence-corrected chi connectivity index (χ3v) is 3.08. The van der Waals surface area contributed by atoms with Crippen LogP contribution < -0.4 is 10.1 Å². The molecule has 0 aliphatic heterocycles. The fraction of sp³-hybridized carbons (Fsp3) is 0.600. The molecule has 1 aromatic carbocycles. The van der Waals surface area contributed by atoms with E-state index in [-0.39, 0.29) is 6.04 Å². The fourth-order valence-electron chi connectivity index (χ4n) is 1.45. The molecule has 0 saturated heterocycles. The van der Waals surface area contributed by atoms with Crippen LogP contribution >= 0.6 is 0 Å². The molecule has 0 radical (unpaired) electrons. The number of aliphatic hydroxyl groups is 1. The summed E-state index contributed by atoms with van der Waals surface area (Å²) in [5.41, 5.74) is 0.193. The molecule has 0 spiro atoms. The summed E-state index contributed by atoms with van der Waals surface area (Å²) in [6.07, 6.45) is 0. The summed E-state index contributed by atoms with van der Waals surface area (Å²) in [4.78, 5) is 2.08. The highest BCUT2D eigenvalue weighted by atomic mass is 16.5. The first-order valence-electron chi connectivity index (χ1n) is 6.65.